The lowest BCUT2D eigenvalue weighted by atomic mass is 10.0. The van der Waals surface area contributed by atoms with Crippen molar-refractivity contribution >= 4 is 6.03 Å². The SMILES string of the molecule is CC(C)C(CN(C)C)N1CCNC1=O. The van der Waals surface area contributed by atoms with Gasteiger partial charge in [0.05, 0.1) is 0 Å². The standard InChI is InChI=1S/C10H21N3O/c1-8(2)9(7-12(3)4)13-6-5-11-10(13)14/h8-9H,5-7H2,1-4H3,(H,11,14). The van der Waals surface area contributed by atoms with Crippen LogP contribution in [-0.2, 0) is 0 Å². The summed E-state index contributed by atoms with van der Waals surface area (Å²) in [5.74, 6) is 0.501. The van der Waals surface area contributed by atoms with Crippen LogP contribution in [0.3, 0.4) is 0 Å². The zero-order chi connectivity index (χ0) is 10.7. The summed E-state index contributed by atoms with van der Waals surface area (Å²) in [5, 5.41) is 2.85. The molecule has 2 amide bonds. The molecule has 1 aliphatic heterocycles. The fourth-order valence-electron chi connectivity index (χ4n) is 1.85. The maximum absolute atomic E-state index is 11.5. The van der Waals surface area contributed by atoms with Crippen LogP contribution in [0.15, 0.2) is 0 Å². The number of hydrogen-bond donors (Lipinski definition) is 1. The molecule has 0 radical (unpaired) electrons. The summed E-state index contributed by atoms with van der Waals surface area (Å²) in [6, 6.07) is 0.415. The van der Waals surface area contributed by atoms with Crippen LogP contribution in [0.2, 0.25) is 0 Å². The van der Waals surface area contributed by atoms with E-state index in [4.69, 9.17) is 0 Å². The molecular formula is C10H21N3O. The van der Waals surface area contributed by atoms with E-state index < -0.39 is 0 Å². The van der Waals surface area contributed by atoms with Gasteiger partial charge in [0.2, 0.25) is 0 Å². The average Bonchev–Trinajstić information content (AvgIpc) is 2.46. The van der Waals surface area contributed by atoms with Gasteiger partial charge in [-0.3, -0.25) is 0 Å². The van der Waals surface area contributed by atoms with Crippen LogP contribution in [0.4, 0.5) is 4.79 Å². The van der Waals surface area contributed by atoms with E-state index in [2.05, 4.69) is 24.1 Å². The van der Waals surface area contributed by atoms with Gasteiger partial charge in [0.25, 0.3) is 0 Å². The molecule has 1 unspecified atom stereocenters. The predicted molar refractivity (Wildman–Crippen MR) is 57.3 cm³/mol. The Kier molecular flexibility index (Phi) is 3.75. The summed E-state index contributed by atoms with van der Waals surface area (Å²) in [6.07, 6.45) is 0. The molecule has 1 aliphatic rings. The fourth-order valence-corrected chi connectivity index (χ4v) is 1.85. The zero-order valence-corrected chi connectivity index (χ0v) is 9.58. The molecule has 0 spiro atoms. The summed E-state index contributed by atoms with van der Waals surface area (Å²) in [4.78, 5) is 15.6. The number of likely N-dealkylation sites (N-methyl/N-ethyl adjacent to an activating group) is 1. The monoisotopic (exact) mass is 199 g/mol. The minimum Gasteiger partial charge on any atom is -0.336 e. The van der Waals surface area contributed by atoms with Crippen LogP contribution >= 0.6 is 0 Å². The van der Waals surface area contributed by atoms with Crippen LogP contribution in [0, 0.1) is 5.92 Å². The van der Waals surface area contributed by atoms with E-state index in [1.165, 1.54) is 0 Å². The van der Waals surface area contributed by atoms with Gasteiger partial charge in [-0.25, -0.2) is 4.79 Å². The van der Waals surface area contributed by atoms with Crippen molar-refractivity contribution < 1.29 is 4.79 Å². The molecule has 0 bridgehead atoms. The Morgan fingerprint density at radius 2 is 2.14 bits per heavy atom. The highest BCUT2D eigenvalue weighted by molar-refractivity contribution is 5.76. The lowest BCUT2D eigenvalue weighted by molar-refractivity contribution is 0.157. The molecule has 1 fully saturated rings. The number of urea groups is 1. The van der Waals surface area contributed by atoms with Crippen LogP contribution in [0.5, 0.6) is 0 Å². The minimum atomic E-state index is 0.0885. The van der Waals surface area contributed by atoms with Crippen molar-refractivity contribution in [1.29, 1.82) is 0 Å². The minimum absolute atomic E-state index is 0.0885. The van der Waals surface area contributed by atoms with Crippen molar-refractivity contribution in [1.82, 2.24) is 15.1 Å². The third kappa shape index (κ3) is 2.61. The van der Waals surface area contributed by atoms with Gasteiger partial charge in [-0.05, 0) is 20.0 Å². The number of carbonyl (C=O) groups is 1. The Morgan fingerprint density at radius 3 is 2.50 bits per heavy atom. The molecule has 1 rings (SSSR count). The second-order valence-corrected chi connectivity index (χ2v) is 4.50. The average molecular weight is 199 g/mol. The topological polar surface area (TPSA) is 35.6 Å². The van der Waals surface area contributed by atoms with E-state index in [-0.39, 0.29) is 6.03 Å². The van der Waals surface area contributed by atoms with Gasteiger partial charge in [-0.2, -0.15) is 0 Å². The third-order valence-corrected chi connectivity index (χ3v) is 2.61. The van der Waals surface area contributed by atoms with Crippen molar-refractivity contribution in [2.75, 3.05) is 33.7 Å². The summed E-state index contributed by atoms with van der Waals surface area (Å²) >= 11 is 0. The Morgan fingerprint density at radius 1 is 1.50 bits per heavy atom. The van der Waals surface area contributed by atoms with Gasteiger partial charge in [-0.1, -0.05) is 13.8 Å². The van der Waals surface area contributed by atoms with Crippen LogP contribution in [0.1, 0.15) is 13.8 Å². The number of rotatable bonds is 4. The van der Waals surface area contributed by atoms with Crippen molar-refractivity contribution in [3.05, 3.63) is 0 Å². The first-order valence-corrected chi connectivity index (χ1v) is 5.21. The van der Waals surface area contributed by atoms with Gasteiger partial charge >= 0.3 is 6.03 Å². The highest BCUT2D eigenvalue weighted by atomic mass is 16.2. The van der Waals surface area contributed by atoms with Crippen molar-refractivity contribution in [3.8, 4) is 0 Å². The van der Waals surface area contributed by atoms with Crippen molar-refractivity contribution in [3.63, 3.8) is 0 Å². The van der Waals surface area contributed by atoms with Crippen LogP contribution in [-0.4, -0.2) is 55.6 Å². The van der Waals surface area contributed by atoms with Gasteiger partial charge in [0.15, 0.2) is 0 Å². The normalized spacial score (nSPS) is 19.3. The van der Waals surface area contributed by atoms with Gasteiger partial charge in [0, 0.05) is 25.7 Å². The number of nitrogens with zero attached hydrogens (tertiary/aromatic N) is 2. The number of amides is 2. The molecule has 0 aromatic heterocycles. The molecule has 1 saturated heterocycles. The summed E-state index contributed by atoms with van der Waals surface area (Å²) in [5.41, 5.74) is 0. The number of carbonyl (C=O) groups excluding carboxylic acids is 1. The molecule has 0 aromatic rings. The van der Waals surface area contributed by atoms with Crippen molar-refractivity contribution in [2.24, 2.45) is 5.92 Å². The summed E-state index contributed by atoms with van der Waals surface area (Å²) in [7, 11) is 4.09. The molecule has 0 aromatic carbocycles. The molecule has 4 nitrogen and oxygen atoms in total. The Hall–Kier alpha value is -0.770. The summed E-state index contributed by atoms with van der Waals surface area (Å²) < 4.78 is 0. The van der Waals surface area contributed by atoms with E-state index >= 15 is 0 Å². The van der Waals surface area contributed by atoms with Crippen LogP contribution in [0.25, 0.3) is 0 Å². The lowest BCUT2D eigenvalue weighted by Gasteiger charge is -2.32. The number of hydrogen-bond acceptors (Lipinski definition) is 2. The van der Waals surface area contributed by atoms with E-state index in [1.54, 1.807) is 0 Å². The predicted octanol–water partition coefficient (Wildman–Crippen LogP) is 0.598. The molecule has 1 heterocycles. The molecule has 4 heteroatoms. The maximum atomic E-state index is 11.5. The Balaban J connectivity index is 2.61. The third-order valence-electron chi connectivity index (χ3n) is 2.61. The van der Waals surface area contributed by atoms with Crippen molar-refractivity contribution in [2.45, 2.75) is 19.9 Å². The van der Waals surface area contributed by atoms with E-state index in [9.17, 15) is 4.79 Å². The first kappa shape index (κ1) is 11.3. The molecule has 14 heavy (non-hydrogen) atoms. The van der Waals surface area contributed by atoms with Gasteiger partial charge < -0.3 is 15.1 Å². The maximum Gasteiger partial charge on any atom is 0.317 e. The largest absolute Gasteiger partial charge is 0.336 e. The molecule has 1 atom stereocenters. The highest BCUT2D eigenvalue weighted by Gasteiger charge is 2.29. The van der Waals surface area contributed by atoms with Gasteiger partial charge in [-0.15, -0.1) is 0 Å². The summed E-state index contributed by atoms with van der Waals surface area (Å²) in [6.45, 7) is 6.90. The highest BCUT2D eigenvalue weighted by Crippen LogP contribution is 2.13. The molecule has 0 aliphatic carbocycles. The lowest BCUT2D eigenvalue weighted by Crippen LogP contribution is -2.46. The molecular weight excluding hydrogens is 178 g/mol. The fraction of sp³-hybridized carbons (Fsp3) is 0.900. The second kappa shape index (κ2) is 4.64. The Labute approximate surface area is 86.2 Å². The van der Waals surface area contributed by atoms with Crippen LogP contribution < -0.4 is 5.32 Å². The number of nitrogens with one attached hydrogen (secondary N) is 1. The molecule has 82 valence electrons. The van der Waals surface area contributed by atoms with E-state index in [0.29, 0.717) is 12.0 Å². The smallest absolute Gasteiger partial charge is 0.317 e. The first-order valence-electron chi connectivity index (χ1n) is 5.21. The van der Waals surface area contributed by atoms with E-state index in [0.717, 1.165) is 19.6 Å². The second-order valence-electron chi connectivity index (χ2n) is 4.50. The zero-order valence-electron chi connectivity index (χ0n) is 9.58. The molecule has 1 N–H and O–H groups in total. The van der Waals surface area contributed by atoms with Gasteiger partial charge in [0.1, 0.15) is 0 Å². The first-order chi connectivity index (χ1) is 6.52. The molecule has 0 saturated carbocycles. The Bertz CT molecular complexity index is 204. The van der Waals surface area contributed by atoms with E-state index in [1.807, 2.05) is 19.0 Å². The quantitative estimate of drug-likeness (QED) is 0.719.